The summed E-state index contributed by atoms with van der Waals surface area (Å²) in [6, 6.07) is 17.8. The maximum atomic E-state index is 12.5. The van der Waals surface area contributed by atoms with Gasteiger partial charge in [-0.1, -0.05) is 30.3 Å². The van der Waals surface area contributed by atoms with Crippen molar-refractivity contribution in [1.29, 1.82) is 0 Å². The second-order valence-electron chi connectivity index (χ2n) is 5.96. The van der Waals surface area contributed by atoms with Crippen LogP contribution in [0.4, 0.5) is 5.69 Å². The van der Waals surface area contributed by atoms with E-state index in [1.807, 2.05) is 0 Å². The summed E-state index contributed by atoms with van der Waals surface area (Å²) in [5.74, 6) is -0.163. The second-order valence-corrected chi connectivity index (χ2v) is 7.48. The molecular weight excluding hydrogens is 382 g/mol. The van der Waals surface area contributed by atoms with Crippen molar-refractivity contribution >= 4 is 21.6 Å². The first-order chi connectivity index (χ1) is 13.3. The number of nitro groups is 1. The molecule has 8 heteroatoms. The van der Waals surface area contributed by atoms with Crippen LogP contribution >= 0.6 is 0 Å². The van der Waals surface area contributed by atoms with E-state index in [1.165, 1.54) is 31.2 Å². The highest BCUT2D eigenvalue weighted by Gasteiger charge is 2.21. The number of non-ortho nitro benzene ring substituents is 1. The molecular formula is C20H15NO6S. The van der Waals surface area contributed by atoms with E-state index in [0.29, 0.717) is 11.1 Å². The van der Waals surface area contributed by atoms with E-state index in [9.17, 15) is 23.3 Å². The summed E-state index contributed by atoms with van der Waals surface area (Å²) in [5, 5.41) is 10.8. The van der Waals surface area contributed by atoms with Crippen molar-refractivity contribution in [1.82, 2.24) is 0 Å². The van der Waals surface area contributed by atoms with Crippen LogP contribution in [0.3, 0.4) is 0 Å². The third kappa shape index (κ3) is 4.07. The molecule has 3 aromatic rings. The molecule has 142 valence electrons. The van der Waals surface area contributed by atoms with Gasteiger partial charge < -0.3 is 4.18 Å². The number of ketones is 1. The Labute approximate surface area is 161 Å². The fourth-order valence-corrected chi connectivity index (χ4v) is 3.76. The van der Waals surface area contributed by atoms with Gasteiger partial charge in [0.15, 0.2) is 5.78 Å². The number of nitrogens with zero attached hydrogens (tertiary/aromatic N) is 1. The highest BCUT2D eigenvalue weighted by molar-refractivity contribution is 7.87. The van der Waals surface area contributed by atoms with Crippen LogP contribution in [0.25, 0.3) is 0 Å². The number of benzene rings is 3. The Morgan fingerprint density at radius 2 is 1.54 bits per heavy atom. The molecule has 0 saturated heterocycles. The third-order valence-electron chi connectivity index (χ3n) is 4.00. The van der Waals surface area contributed by atoms with Gasteiger partial charge in [-0.15, -0.1) is 0 Å². The van der Waals surface area contributed by atoms with Crippen LogP contribution in [0.1, 0.15) is 21.5 Å². The van der Waals surface area contributed by atoms with E-state index in [4.69, 9.17) is 4.18 Å². The smallest absolute Gasteiger partial charge is 0.339 e. The van der Waals surface area contributed by atoms with Gasteiger partial charge in [-0.3, -0.25) is 14.9 Å². The molecule has 0 aliphatic heterocycles. The van der Waals surface area contributed by atoms with Gasteiger partial charge in [0, 0.05) is 23.3 Å². The predicted octanol–water partition coefficient (Wildman–Crippen LogP) is 3.90. The van der Waals surface area contributed by atoms with Crippen molar-refractivity contribution in [3.8, 4) is 5.75 Å². The first-order valence-corrected chi connectivity index (χ1v) is 9.58. The Balaban J connectivity index is 1.82. The zero-order valence-electron chi connectivity index (χ0n) is 14.7. The topological polar surface area (TPSA) is 104 Å². The van der Waals surface area contributed by atoms with Crippen LogP contribution < -0.4 is 4.18 Å². The lowest BCUT2D eigenvalue weighted by atomic mass is 10.0. The number of carbonyl (C=O) groups is 1. The van der Waals surface area contributed by atoms with Crippen molar-refractivity contribution in [3.63, 3.8) is 0 Å². The summed E-state index contributed by atoms with van der Waals surface area (Å²) in [6.45, 7) is 1.45. The fraction of sp³-hybridized carbons (Fsp3) is 0.0500. The number of nitro benzene ring substituents is 1. The molecule has 0 saturated carbocycles. The SMILES string of the molecule is Cc1cc([N+](=O)[O-])ccc1S(=O)(=O)Oc1ccc(C(=O)c2ccccc2)cc1. The molecule has 0 unspecified atom stereocenters. The second kappa shape index (κ2) is 7.61. The first kappa shape index (κ1) is 19.2. The van der Waals surface area contributed by atoms with Crippen molar-refractivity contribution in [2.24, 2.45) is 0 Å². The summed E-state index contributed by atoms with van der Waals surface area (Å²) in [6.07, 6.45) is 0. The Kier molecular flexibility index (Phi) is 5.23. The van der Waals surface area contributed by atoms with Gasteiger partial charge in [-0.25, -0.2) is 0 Å². The summed E-state index contributed by atoms with van der Waals surface area (Å²) in [7, 11) is -4.18. The van der Waals surface area contributed by atoms with Crippen LogP contribution in [0, 0.1) is 17.0 Å². The molecule has 0 bridgehead atoms. The fourth-order valence-electron chi connectivity index (χ4n) is 2.62. The minimum atomic E-state index is -4.18. The number of carbonyl (C=O) groups excluding carboxylic acids is 1. The first-order valence-electron chi connectivity index (χ1n) is 8.17. The zero-order chi connectivity index (χ0) is 20.3. The third-order valence-corrected chi connectivity index (χ3v) is 5.41. The Bertz CT molecular complexity index is 1140. The van der Waals surface area contributed by atoms with Crippen molar-refractivity contribution in [2.75, 3.05) is 0 Å². The van der Waals surface area contributed by atoms with Gasteiger partial charge in [0.25, 0.3) is 5.69 Å². The molecule has 0 radical (unpaired) electrons. The molecule has 0 aliphatic carbocycles. The van der Waals surface area contributed by atoms with Crippen LogP contribution in [-0.2, 0) is 10.1 Å². The Morgan fingerprint density at radius 1 is 0.929 bits per heavy atom. The van der Waals surface area contributed by atoms with Crippen molar-refractivity contribution < 1.29 is 22.3 Å². The van der Waals surface area contributed by atoms with Crippen LogP contribution in [0.5, 0.6) is 5.75 Å². The highest BCUT2D eigenvalue weighted by atomic mass is 32.2. The zero-order valence-corrected chi connectivity index (χ0v) is 15.5. The summed E-state index contributed by atoms with van der Waals surface area (Å²) in [5.41, 5.74) is 0.901. The van der Waals surface area contributed by atoms with Crippen LogP contribution in [0.2, 0.25) is 0 Å². The molecule has 3 rings (SSSR count). The monoisotopic (exact) mass is 397 g/mol. The minimum absolute atomic E-state index is 0.0300. The number of hydrogen-bond donors (Lipinski definition) is 0. The van der Waals surface area contributed by atoms with Crippen LogP contribution in [0.15, 0.2) is 77.7 Å². The molecule has 0 atom stereocenters. The van der Waals surface area contributed by atoms with Gasteiger partial charge in [-0.2, -0.15) is 8.42 Å². The largest absolute Gasteiger partial charge is 0.379 e. The van der Waals surface area contributed by atoms with Gasteiger partial charge >= 0.3 is 10.1 Å². The van der Waals surface area contributed by atoms with Crippen molar-refractivity contribution in [2.45, 2.75) is 11.8 Å². The van der Waals surface area contributed by atoms with E-state index in [2.05, 4.69) is 0 Å². The Hall–Kier alpha value is -3.52. The van der Waals surface area contributed by atoms with Crippen molar-refractivity contribution in [3.05, 3.63) is 99.6 Å². The summed E-state index contributed by atoms with van der Waals surface area (Å²) < 4.78 is 30.1. The standard InChI is InChI=1S/C20H15NO6S/c1-14-13-17(21(23)24)9-12-19(14)28(25,26)27-18-10-7-16(8-11-18)20(22)15-5-3-2-4-6-15/h2-13H,1H3. The lowest BCUT2D eigenvalue weighted by molar-refractivity contribution is -0.385. The number of hydrogen-bond acceptors (Lipinski definition) is 6. The molecule has 0 N–H and O–H groups in total. The van der Waals surface area contributed by atoms with E-state index < -0.39 is 15.0 Å². The van der Waals surface area contributed by atoms with E-state index in [-0.39, 0.29) is 27.7 Å². The van der Waals surface area contributed by atoms with Gasteiger partial charge in [0.1, 0.15) is 10.6 Å². The number of aryl methyl sites for hydroxylation is 1. The average Bonchev–Trinajstić information content (AvgIpc) is 2.68. The van der Waals surface area contributed by atoms with Gasteiger partial charge in [-0.05, 0) is 42.8 Å². The Morgan fingerprint density at radius 3 is 2.11 bits per heavy atom. The summed E-state index contributed by atoms with van der Waals surface area (Å²) >= 11 is 0. The number of rotatable bonds is 6. The molecule has 0 aliphatic rings. The lowest BCUT2D eigenvalue weighted by Crippen LogP contribution is -2.11. The molecule has 0 amide bonds. The maximum Gasteiger partial charge on any atom is 0.339 e. The van der Waals surface area contributed by atoms with Crippen LogP contribution in [-0.4, -0.2) is 19.1 Å². The predicted molar refractivity (Wildman–Crippen MR) is 102 cm³/mol. The molecule has 0 aromatic heterocycles. The van der Waals surface area contributed by atoms with Gasteiger partial charge in [0.05, 0.1) is 4.92 Å². The van der Waals surface area contributed by atoms with E-state index in [0.717, 1.165) is 18.2 Å². The lowest BCUT2D eigenvalue weighted by Gasteiger charge is -2.10. The minimum Gasteiger partial charge on any atom is -0.379 e. The molecule has 0 spiro atoms. The van der Waals surface area contributed by atoms with E-state index >= 15 is 0 Å². The average molecular weight is 397 g/mol. The quantitative estimate of drug-likeness (QED) is 0.270. The maximum absolute atomic E-state index is 12.5. The summed E-state index contributed by atoms with van der Waals surface area (Å²) in [4.78, 5) is 22.4. The molecule has 0 fully saturated rings. The molecule has 3 aromatic carbocycles. The van der Waals surface area contributed by atoms with Gasteiger partial charge in [0.2, 0.25) is 0 Å². The highest BCUT2D eigenvalue weighted by Crippen LogP contribution is 2.25. The molecule has 0 heterocycles. The molecule has 28 heavy (non-hydrogen) atoms. The van der Waals surface area contributed by atoms with E-state index in [1.54, 1.807) is 30.3 Å². The normalized spacial score (nSPS) is 11.0. The molecule has 7 nitrogen and oxygen atoms in total.